The molecule has 12 atom stereocenters. The third-order valence-electron chi connectivity index (χ3n) is 12.5. The average Bonchev–Trinajstić information content (AvgIpc) is 0.711. The highest BCUT2D eigenvalue weighted by atomic mass is 16.3. The first-order valence-electron chi connectivity index (χ1n) is 55.7. The van der Waals surface area contributed by atoms with E-state index in [9.17, 15) is 39.6 Å². The number of hydrogen-bond donors (Lipinski definition) is 16. The van der Waals surface area contributed by atoms with Crippen LogP contribution in [0.15, 0.2) is 34.7 Å². The Hall–Kier alpha value is -7.56. The van der Waals surface area contributed by atoms with E-state index >= 15 is 0 Å². The lowest BCUT2D eigenvalue weighted by molar-refractivity contribution is 0.0702. The van der Waals surface area contributed by atoms with E-state index in [0.29, 0.717) is 6.20 Å². The molecule has 512 valence electrons. The highest BCUT2D eigenvalue weighted by Gasteiger charge is 2.31. The number of anilines is 6. The normalized spacial score (nSPS) is 44.6. The number of nitrogens with two attached hydrogens (primary N) is 4. The van der Waals surface area contributed by atoms with Gasteiger partial charge in [0.2, 0.25) is 23.8 Å². The van der Waals surface area contributed by atoms with Gasteiger partial charge in [0.25, 0.3) is 23.6 Å². The lowest BCUT2D eigenvalue weighted by atomic mass is 9.85. The molecule has 0 saturated heterocycles. The van der Waals surface area contributed by atoms with E-state index < -0.39 is 348 Å². The Kier molecular flexibility index (Phi) is 9.63. The van der Waals surface area contributed by atoms with Crippen LogP contribution in [0.4, 0.5) is 35.4 Å². The first-order valence-corrected chi connectivity index (χ1v) is 26.7. The number of carbonyl (C=O) groups is 4. The van der Waals surface area contributed by atoms with Gasteiger partial charge in [-0.2, -0.15) is 9.97 Å². The quantitative estimate of drug-likeness (QED) is 0.0705. The van der Waals surface area contributed by atoms with E-state index in [1.165, 1.54) is 6.92 Å². The number of amides is 4. The Bertz CT molecular complexity index is 5540. The molecule has 4 aromatic heterocycles. The zero-order valence-corrected chi connectivity index (χ0v) is 48.5. The molecular formula is C64H108N20O8. The zero-order chi connectivity index (χ0) is 118. The fourth-order valence-corrected chi connectivity index (χ4v) is 8.10. The average molecular weight is 1340 g/mol. The SMILES string of the molecule is [2H]C([2H])([2H])C(Nc1ncc(C(N)=O)c(NC2CCC([2H])(C)C([2H])(O)C2)n1)(C([2H])([2H])[2H])C([2H])([2H])[2H].[2H]C1(Nc2nc(NC(C([2H])([2H])[2H])(C([2H])([2H])[2H])C([2H])([2H])[2H])ncc2C(N)=O)CCC([2H])(C([2H])([2H])[2H])C([2H])(O)C1.[2H]c1nc(NC(C([2H])([2H])[2H])(C([2H])([2H])[2H])C([2H])([2H])[2H])[nH]c(=NC2([2H])CCC([2H])(C([2H])([2H])[2H])C([2H])(O)C2)c1C(N)=O.[2H]c1nc(NC(C([2H])([2H])[2H])(C([2H])([2H])[2H])C([2H])([2H])[2H])[nH]c(=NC2CC([2H])([2H])C(C([2H])([2H])[2H])C([2H])(O)C2)c1C(N)=O. The Morgan fingerprint density at radius 2 is 1.00 bits per heavy atom. The minimum atomic E-state index is -3.73. The fourth-order valence-electron chi connectivity index (χ4n) is 8.10. The third-order valence-corrected chi connectivity index (χ3v) is 12.5. The molecule has 4 aliphatic rings. The van der Waals surface area contributed by atoms with E-state index in [1.807, 2.05) is 21.3 Å². The summed E-state index contributed by atoms with van der Waals surface area (Å²) in [5, 5.41) is 54.6. The first-order chi connectivity index (χ1) is 65.8. The van der Waals surface area contributed by atoms with Crippen molar-refractivity contribution < 1.29 is 119 Å². The van der Waals surface area contributed by atoms with E-state index in [4.69, 9.17) is 102 Å². The van der Waals surface area contributed by atoms with Crippen molar-refractivity contribution in [3.63, 3.8) is 0 Å². The van der Waals surface area contributed by atoms with E-state index in [1.54, 1.807) is 0 Å². The van der Waals surface area contributed by atoms with Crippen LogP contribution in [0.25, 0.3) is 0 Å². The molecule has 0 aromatic carbocycles. The van der Waals surface area contributed by atoms with Gasteiger partial charge in [0.05, 0.1) is 69.6 Å². The van der Waals surface area contributed by atoms with Crippen molar-refractivity contribution >= 4 is 59.1 Å². The number of nitrogens with zero attached hydrogens (tertiary/aromatic N) is 8. The fraction of sp³-hybridized carbons (Fsp3) is 0.688. The molecule has 12 unspecified atom stereocenters. The summed E-state index contributed by atoms with van der Waals surface area (Å²) in [5.74, 6) is -18.2. The van der Waals surface area contributed by atoms with Gasteiger partial charge >= 0.3 is 0 Å². The number of carbonyl (C=O) groups excluding carboxylic acids is 4. The number of nitrogens with one attached hydrogen (secondary N) is 8. The Morgan fingerprint density at radius 3 is 1.45 bits per heavy atom. The van der Waals surface area contributed by atoms with Gasteiger partial charge in [-0.15, -0.1) is 0 Å². The summed E-state index contributed by atoms with van der Waals surface area (Å²) in [7, 11) is 0. The van der Waals surface area contributed by atoms with Crippen LogP contribution in [0, 0.1) is 23.6 Å². The topological polar surface area (TPSA) is 459 Å². The molecule has 8 rings (SSSR count). The summed E-state index contributed by atoms with van der Waals surface area (Å²) >= 11 is 0. The summed E-state index contributed by atoms with van der Waals surface area (Å²) < 4.78 is 451. The van der Waals surface area contributed by atoms with E-state index in [-0.39, 0.29) is 30.6 Å². The molecule has 4 saturated carbocycles. The molecule has 4 amide bonds. The molecule has 28 nitrogen and oxygen atoms in total. The van der Waals surface area contributed by atoms with Gasteiger partial charge in [0.1, 0.15) is 22.6 Å². The Labute approximate surface area is 623 Å². The largest absolute Gasteiger partial charge is 0.393 e. The predicted octanol–water partition coefficient (Wildman–Crippen LogP) is 5.83. The second kappa shape index (κ2) is 32.3. The molecule has 0 radical (unpaired) electrons. The van der Waals surface area contributed by atoms with Crippen molar-refractivity contribution in [2.45, 2.75) is 257 Å². The number of aromatic nitrogens is 8. The molecule has 4 fully saturated rings. The van der Waals surface area contributed by atoms with Gasteiger partial charge in [0.15, 0.2) is 0 Å². The molecule has 20 N–H and O–H groups in total. The second-order valence-corrected chi connectivity index (χ2v) is 20.5. The van der Waals surface area contributed by atoms with Crippen molar-refractivity contribution in [3.05, 3.63) is 58.0 Å². The number of primary amides is 4. The number of aromatic amines is 2. The van der Waals surface area contributed by atoms with Crippen molar-refractivity contribution in [2.75, 3.05) is 31.9 Å². The summed E-state index contributed by atoms with van der Waals surface area (Å²) in [6.07, 6.45) is -19.9. The summed E-state index contributed by atoms with van der Waals surface area (Å²) in [6, 6.07) is -6.52. The number of aliphatic hydroxyl groups is 4. The van der Waals surface area contributed by atoms with Gasteiger partial charge in [-0.25, -0.2) is 19.9 Å². The van der Waals surface area contributed by atoms with Crippen molar-refractivity contribution in [2.24, 2.45) is 56.5 Å². The van der Waals surface area contributed by atoms with Crippen molar-refractivity contribution in [3.8, 4) is 0 Å². The molecule has 0 bridgehead atoms. The lowest BCUT2D eigenvalue weighted by Crippen LogP contribution is -2.36. The minimum Gasteiger partial charge on any atom is -0.393 e. The molecule has 4 aliphatic carbocycles. The zero-order valence-electron chi connectivity index (χ0n) is 106. The number of rotatable bonds is 14. The van der Waals surface area contributed by atoms with Crippen LogP contribution in [0.1, 0.15) is 308 Å². The maximum atomic E-state index is 12.1. The van der Waals surface area contributed by atoms with Crippen molar-refractivity contribution in [1.82, 2.24) is 39.9 Å². The molecule has 28 heteroatoms. The molecule has 4 heterocycles. The van der Waals surface area contributed by atoms with Gasteiger partial charge in [0, 0.05) is 127 Å². The van der Waals surface area contributed by atoms with Gasteiger partial charge < -0.3 is 85.2 Å². The van der Waals surface area contributed by atoms with Gasteiger partial charge in [-0.3, -0.25) is 29.2 Å². The molecule has 92 heavy (non-hydrogen) atoms. The van der Waals surface area contributed by atoms with Crippen molar-refractivity contribution in [1.29, 1.82) is 0 Å². The van der Waals surface area contributed by atoms with Crippen LogP contribution in [-0.4, -0.2) is 155 Å². The molecule has 4 aromatic rings. The standard InChI is InChI=1S/4C16H27N5O2/c4*1-9-5-6-10(7-12(9)22)19-14-11(13(17)23)8-18-15(20-14)21-16(2,3)4/h4*8-10,12,22H,5-7H2,1-4H3,(H2,17,23)(H2,18,19,20,21)/i1D3,2D3,3D3,4D3,8D,9D,10D,12D;1D3,2D3,3D3,4D3,9D,10D,12D;1D3,2D3,3D3,4D3,5D2,8D,12D;2D3,3D3,4D3,9D,12D. The third kappa shape index (κ3) is 24.8. The monoisotopic (exact) mass is 1340 g/mol. The van der Waals surface area contributed by atoms with Crippen LogP contribution in [0.2, 0.25) is 0 Å². The molecular weight excluding hydrogens is 1180 g/mol. The second-order valence-electron chi connectivity index (χ2n) is 20.5. The summed E-state index contributed by atoms with van der Waals surface area (Å²) in [5.41, 5.74) is 3.05. The molecule has 0 spiro atoms. The van der Waals surface area contributed by atoms with Crippen LogP contribution < -0.4 is 65.8 Å². The highest BCUT2D eigenvalue weighted by Crippen LogP contribution is 2.31. The molecule has 0 aliphatic heterocycles. The summed E-state index contributed by atoms with van der Waals surface area (Å²) in [6.45, 7) is -51.9. The number of H-pyrrole nitrogens is 2. The maximum absolute atomic E-state index is 12.1. The van der Waals surface area contributed by atoms with E-state index in [0.717, 1.165) is 6.20 Å². The van der Waals surface area contributed by atoms with Crippen LogP contribution in [-0.2, 0) is 0 Å². The number of hydrogen-bond acceptors (Lipinski definition) is 22. The van der Waals surface area contributed by atoms with Gasteiger partial charge in [-0.1, -0.05) is 27.5 Å². The smallest absolute Gasteiger partial charge is 0.254 e. The first kappa shape index (κ1) is 27.4. The van der Waals surface area contributed by atoms with E-state index in [2.05, 4.69) is 60.5 Å². The van der Waals surface area contributed by atoms with Crippen LogP contribution in [0.5, 0.6) is 0 Å². The Morgan fingerprint density at radius 1 is 0.543 bits per heavy atom. The lowest BCUT2D eigenvalue weighted by Gasteiger charge is -2.32. The van der Waals surface area contributed by atoms with Crippen LogP contribution in [0.3, 0.4) is 0 Å². The highest BCUT2D eigenvalue weighted by molar-refractivity contribution is 5.98. The predicted molar refractivity (Wildman–Crippen MR) is 358 cm³/mol. The summed E-state index contributed by atoms with van der Waals surface area (Å²) in [4.78, 5) is 82.3. The maximum Gasteiger partial charge on any atom is 0.254 e. The Balaban J connectivity index is 0.000000352. The van der Waals surface area contributed by atoms with Gasteiger partial charge in [-0.05, 0) is 183 Å². The minimum absolute atomic E-state index is 0.118. The van der Waals surface area contributed by atoms with Crippen LogP contribution >= 0.6 is 0 Å².